The molecule has 0 radical (unpaired) electrons. The summed E-state index contributed by atoms with van der Waals surface area (Å²) in [6, 6.07) is -0.471. The van der Waals surface area contributed by atoms with Gasteiger partial charge in [-0.05, 0) is 6.92 Å². The summed E-state index contributed by atoms with van der Waals surface area (Å²) in [5.41, 5.74) is 5.17. The number of nitrogens with two attached hydrogens (primary N) is 1. The standard InChI is InChI=1S/C5H11NO3/c1-3(6)4(7)2-5(8)9/h3-4,7H,2,6H2,1H3,(H,8,9)/t3-,4?/m1/s1. The second-order valence-electron chi connectivity index (χ2n) is 2.02. The van der Waals surface area contributed by atoms with E-state index in [0.717, 1.165) is 0 Å². The molecule has 4 heteroatoms. The minimum Gasteiger partial charge on any atom is -0.481 e. The van der Waals surface area contributed by atoms with Gasteiger partial charge in [-0.25, -0.2) is 0 Å². The Morgan fingerprint density at radius 1 is 1.78 bits per heavy atom. The van der Waals surface area contributed by atoms with E-state index < -0.39 is 18.1 Å². The third-order valence-corrected chi connectivity index (χ3v) is 0.991. The minimum atomic E-state index is -1.03. The number of rotatable bonds is 3. The van der Waals surface area contributed by atoms with Gasteiger partial charge in [-0.1, -0.05) is 0 Å². The van der Waals surface area contributed by atoms with Gasteiger partial charge in [-0.3, -0.25) is 4.79 Å². The van der Waals surface area contributed by atoms with Crippen LogP contribution in [0.2, 0.25) is 0 Å². The van der Waals surface area contributed by atoms with Crippen LogP contribution in [0.4, 0.5) is 0 Å². The lowest BCUT2D eigenvalue weighted by molar-refractivity contribution is -0.139. The number of carbonyl (C=O) groups is 1. The predicted molar refractivity (Wildman–Crippen MR) is 31.9 cm³/mol. The zero-order valence-electron chi connectivity index (χ0n) is 5.24. The molecule has 0 aliphatic carbocycles. The fourth-order valence-corrected chi connectivity index (χ4v) is 0.365. The lowest BCUT2D eigenvalue weighted by Gasteiger charge is -2.10. The number of hydrogen-bond acceptors (Lipinski definition) is 3. The summed E-state index contributed by atoms with van der Waals surface area (Å²) in [4.78, 5) is 9.90. The van der Waals surface area contributed by atoms with Crippen molar-refractivity contribution in [2.45, 2.75) is 25.5 Å². The summed E-state index contributed by atoms with van der Waals surface area (Å²) in [5, 5.41) is 16.9. The monoisotopic (exact) mass is 133 g/mol. The number of aliphatic hydroxyl groups is 1. The number of carboxylic acid groups (broad SMARTS) is 1. The van der Waals surface area contributed by atoms with Gasteiger partial charge in [0.25, 0.3) is 0 Å². The van der Waals surface area contributed by atoms with Crippen LogP contribution in [0, 0.1) is 0 Å². The third kappa shape index (κ3) is 3.93. The molecule has 0 bridgehead atoms. The van der Waals surface area contributed by atoms with Crippen LogP contribution in [0.3, 0.4) is 0 Å². The molecule has 0 saturated carbocycles. The molecule has 0 rings (SSSR count). The van der Waals surface area contributed by atoms with Crippen LogP contribution in [0.15, 0.2) is 0 Å². The molecule has 54 valence electrons. The van der Waals surface area contributed by atoms with Crippen molar-refractivity contribution >= 4 is 5.97 Å². The van der Waals surface area contributed by atoms with Crippen LogP contribution >= 0.6 is 0 Å². The Morgan fingerprint density at radius 3 is 2.33 bits per heavy atom. The Morgan fingerprint density at radius 2 is 2.22 bits per heavy atom. The Kier molecular flexibility index (Phi) is 3.19. The SMILES string of the molecule is C[C@@H](N)C(O)CC(=O)O. The first kappa shape index (κ1) is 8.39. The smallest absolute Gasteiger partial charge is 0.306 e. The van der Waals surface area contributed by atoms with Crippen molar-refractivity contribution in [3.8, 4) is 0 Å². The number of aliphatic hydroxyl groups excluding tert-OH is 1. The predicted octanol–water partition coefficient (Wildman–Crippen LogP) is -0.831. The van der Waals surface area contributed by atoms with E-state index in [1.807, 2.05) is 0 Å². The molecule has 9 heavy (non-hydrogen) atoms. The van der Waals surface area contributed by atoms with E-state index in [9.17, 15) is 4.79 Å². The largest absolute Gasteiger partial charge is 0.481 e. The molecule has 0 aromatic rings. The van der Waals surface area contributed by atoms with Crippen molar-refractivity contribution in [2.24, 2.45) is 5.73 Å². The normalized spacial score (nSPS) is 16.8. The second kappa shape index (κ2) is 3.42. The van der Waals surface area contributed by atoms with Crippen LogP contribution in [-0.2, 0) is 4.79 Å². The molecule has 4 N–H and O–H groups in total. The highest BCUT2D eigenvalue weighted by molar-refractivity contribution is 5.67. The van der Waals surface area contributed by atoms with Gasteiger partial charge in [0.05, 0.1) is 12.5 Å². The molecule has 0 aliphatic heterocycles. The fraction of sp³-hybridized carbons (Fsp3) is 0.800. The third-order valence-electron chi connectivity index (χ3n) is 0.991. The first-order valence-electron chi connectivity index (χ1n) is 2.69. The molecule has 1 unspecified atom stereocenters. The summed E-state index contributed by atoms with van der Waals surface area (Å²) in [6.07, 6.45) is -1.21. The molecule has 0 aromatic heterocycles. The topological polar surface area (TPSA) is 83.5 Å². The van der Waals surface area contributed by atoms with Crippen molar-refractivity contribution in [3.05, 3.63) is 0 Å². The molecule has 0 spiro atoms. The lowest BCUT2D eigenvalue weighted by Crippen LogP contribution is -2.33. The van der Waals surface area contributed by atoms with Gasteiger partial charge in [0.15, 0.2) is 0 Å². The molecule has 0 aliphatic rings. The molecular weight excluding hydrogens is 122 g/mol. The summed E-state index contributed by atoms with van der Waals surface area (Å²) >= 11 is 0. The minimum absolute atomic E-state index is 0.280. The Hall–Kier alpha value is -0.610. The number of hydrogen-bond donors (Lipinski definition) is 3. The van der Waals surface area contributed by atoms with Gasteiger partial charge >= 0.3 is 5.97 Å². The summed E-state index contributed by atoms with van der Waals surface area (Å²) in [5.74, 6) is -1.03. The fourth-order valence-electron chi connectivity index (χ4n) is 0.365. The van der Waals surface area contributed by atoms with Gasteiger partial charge in [-0.15, -0.1) is 0 Å². The molecule has 0 heterocycles. The highest BCUT2D eigenvalue weighted by atomic mass is 16.4. The second-order valence-corrected chi connectivity index (χ2v) is 2.02. The van der Waals surface area contributed by atoms with E-state index in [1.165, 1.54) is 0 Å². The Labute approximate surface area is 53.3 Å². The van der Waals surface area contributed by atoms with E-state index in [-0.39, 0.29) is 6.42 Å². The highest BCUT2D eigenvalue weighted by Crippen LogP contribution is 1.94. The van der Waals surface area contributed by atoms with E-state index in [1.54, 1.807) is 6.92 Å². The van der Waals surface area contributed by atoms with Crippen molar-refractivity contribution in [2.75, 3.05) is 0 Å². The van der Waals surface area contributed by atoms with E-state index in [4.69, 9.17) is 15.9 Å². The summed E-state index contributed by atoms with van der Waals surface area (Å²) < 4.78 is 0. The first-order chi connectivity index (χ1) is 4.04. The molecule has 4 nitrogen and oxygen atoms in total. The quantitative estimate of drug-likeness (QED) is 0.469. The maximum absolute atomic E-state index is 9.90. The van der Waals surface area contributed by atoms with Crippen molar-refractivity contribution < 1.29 is 15.0 Å². The molecular formula is C5H11NO3. The zero-order valence-corrected chi connectivity index (χ0v) is 5.24. The van der Waals surface area contributed by atoms with Crippen LogP contribution in [-0.4, -0.2) is 28.3 Å². The lowest BCUT2D eigenvalue weighted by atomic mass is 10.1. The van der Waals surface area contributed by atoms with Crippen molar-refractivity contribution in [1.29, 1.82) is 0 Å². The van der Waals surface area contributed by atoms with Gasteiger partial charge < -0.3 is 15.9 Å². The molecule has 2 atom stereocenters. The Bertz CT molecular complexity index is 102. The Balaban J connectivity index is 3.50. The van der Waals surface area contributed by atoms with E-state index >= 15 is 0 Å². The molecule has 0 saturated heterocycles. The van der Waals surface area contributed by atoms with Crippen LogP contribution in [0.5, 0.6) is 0 Å². The van der Waals surface area contributed by atoms with E-state index in [0.29, 0.717) is 0 Å². The summed E-state index contributed by atoms with van der Waals surface area (Å²) in [7, 11) is 0. The van der Waals surface area contributed by atoms with Gasteiger partial charge in [0.1, 0.15) is 0 Å². The number of aliphatic carboxylic acids is 1. The maximum atomic E-state index is 9.90. The molecule has 0 fully saturated rings. The summed E-state index contributed by atoms with van der Waals surface area (Å²) in [6.45, 7) is 1.56. The van der Waals surface area contributed by atoms with Crippen LogP contribution < -0.4 is 5.73 Å². The van der Waals surface area contributed by atoms with Crippen molar-refractivity contribution in [3.63, 3.8) is 0 Å². The van der Waals surface area contributed by atoms with Crippen molar-refractivity contribution in [1.82, 2.24) is 0 Å². The van der Waals surface area contributed by atoms with E-state index in [2.05, 4.69) is 0 Å². The van der Waals surface area contributed by atoms with Crippen LogP contribution in [0.1, 0.15) is 13.3 Å². The highest BCUT2D eigenvalue weighted by Gasteiger charge is 2.12. The van der Waals surface area contributed by atoms with Crippen LogP contribution in [0.25, 0.3) is 0 Å². The van der Waals surface area contributed by atoms with Gasteiger partial charge in [-0.2, -0.15) is 0 Å². The van der Waals surface area contributed by atoms with Gasteiger partial charge in [0, 0.05) is 6.04 Å². The zero-order chi connectivity index (χ0) is 7.44. The average Bonchev–Trinajstić information content (AvgIpc) is 1.63. The average molecular weight is 133 g/mol. The molecule has 0 amide bonds. The maximum Gasteiger partial charge on any atom is 0.306 e. The first-order valence-corrected chi connectivity index (χ1v) is 2.69. The number of carboxylic acids is 1. The molecule has 0 aromatic carbocycles. The van der Waals surface area contributed by atoms with Gasteiger partial charge in [0.2, 0.25) is 0 Å².